The van der Waals surface area contributed by atoms with Crippen molar-refractivity contribution in [2.24, 2.45) is 5.92 Å². The molecule has 1 atom stereocenters. The summed E-state index contributed by atoms with van der Waals surface area (Å²) in [7, 11) is 2.03. The van der Waals surface area contributed by atoms with Gasteiger partial charge in [-0.25, -0.2) is 0 Å². The molecule has 1 aliphatic rings. The van der Waals surface area contributed by atoms with Gasteiger partial charge in [0.15, 0.2) is 0 Å². The van der Waals surface area contributed by atoms with Crippen molar-refractivity contribution in [1.29, 1.82) is 0 Å². The maximum atomic E-state index is 3.36. The monoisotopic (exact) mass is 273 g/mol. The summed E-state index contributed by atoms with van der Waals surface area (Å²) >= 11 is 0. The van der Waals surface area contributed by atoms with E-state index in [0.29, 0.717) is 0 Å². The zero-order valence-electron chi connectivity index (χ0n) is 14.1. The predicted molar refractivity (Wildman–Crippen MR) is 89.8 cm³/mol. The van der Waals surface area contributed by atoms with Gasteiger partial charge in [0.2, 0.25) is 0 Å². The van der Waals surface area contributed by atoms with Crippen molar-refractivity contribution in [3.05, 3.63) is 28.8 Å². The Bertz CT molecular complexity index is 469. The minimum Gasteiger partial charge on any atom is -0.388 e. The predicted octanol–water partition coefficient (Wildman–Crippen LogP) is 5.63. The highest BCUT2D eigenvalue weighted by Gasteiger charge is 2.30. The average molecular weight is 273 g/mol. The molecule has 0 saturated heterocycles. The fraction of sp³-hybridized carbons (Fsp3) is 0.684. The van der Waals surface area contributed by atoms with Gasteiger partial charge in [-0.2, -0.15) is 0 Å². The van der Waals surface area contributed by atoms with E-state index in [1.54, 1.807) is 16.7 Å². The Kier molecular flexibility index (Phi) is 4.46. The van der Waals surface area contributed by atoms with Gasteiger partial charge in [-0.1, -0.05) is 34.1 Å². The highest BCUT2D eigenvalue weighted by Crippen LogP contribution is 2.45. The summed E-state index contributed by atoms with van der Waals surface area (Å²) in [6.45, 7) is 11.8. The molecule has 1 heteroatoms. The van der Waals surface area contributed by atoms with Gasteiger partial charge in [-0.15, -0.1) is 0 Å². The molecule has 20 heavy (non-hydrogen) atoms. The molecule has 1 fully saturated rings. The number of hydrogen-bond donors (Lipinski definition) is 1. The number of hydrogen-bond acceptors (Lipinski definition) is 1. The molecule has 0 radical (unpaired) electrons. The van der Waals surface area contributed by atoms with E-state index in [0.717, 1.165) is 11.8 Å². The van der Waals surface area contributed by atoms with Crippen molar-refractivity contribution in [1.82, 2.24) is 0 Å². The molecule has 1 N–H and O–H groups in total. The van der Waals surface area contributed by atoms with Crippen LogP contribution in [0.5, 0.6) is 0 Å². The second-order valence-electron chi connectivity index (χ2n) is 7.36. The highest BCUT2D eigenvalue weighted by molar-refractivity contribution is 5.55. The third-order valence-electron chi connectivity index (χ3n) is 5.04. The average Bonchev–Trinajstić information content (AvgIpc) is 3.22. The first kappa shape index (κ1) is 15.4. The first-order valence-corrected chi connectivity index (χ1v) is 8.21. The largest absolute Gasteiger partial charge is 0.388 e. The van der Waals surface area contributed by atoms with E-state index in [-0.39, 0.29) is 5.41 Å². The van der Waals surface area contributed by atoms with Gasteiger partial charge in [0.05, 0.1) is 0 Å². The third kappa shape index (κ3) is 3.19. The Hall–Kier alpha value is -0.980. The molecule has 1 unspecified atom stereocenters. The standard InChI is InChI=1S/C19H31N/c1-7-13(2)12-19(4,5)18-11-16(20-6)10-17(14(18)3)15-8-9-15/h10-11,13,15,20H,7-9,12H2,1-6H3. The van der Waals surface area contributed by atoms with Crippen molar-refractivity contribution in [2.45, 2.75) is 71.6 Å². The van der Waals surface area contributed by atoms with E-state index in [2.05, 4.69) is 52.1 Å². The minimum absolute atomic E-state index is 0.260. The van der Waals surface area contributed by atoms with E-state index in [9.17, 15) is 0 Å². The van der Waals surface area contributed by atoms with Crippen LogP contribution >= 0.6 is 0 Å². The van der Waals surface area contributed by atoms with Crippen molar-refractivity contribution in [3.63, 3.8) is 0 Å². The van der Waals surface area contributed by atoms with Gasteiger partial charge < -0.3 is 5.32 Å². The third-order valence-corrected chi connectivity index (χ3v) is 5.04. The van der Waals surface area contributed by atoms with Gasteiger partial charge in [0.1, 0.15) is 0 Å². The quantitative estimate of drug-likeness (QED) is 0.708. The maximum absolute atomic E-state index is 3.36. The normalized spacial score (nSPS) is 17.1. The molecule has 0 amide bonds. The Balaban J connectivity index is 2.40. The van der Waals surface area contributed by atoms with Gasteiger partial charge in [0, 0.05) is 12.7 Å². The summed E-state index contributed by atoms with van der Waals surface area (Å²) in [5.41, 5.74) is 6.22. The van der Waals surface area contributed by atoms with Crippen LogP contribution in [0.3, 0.4) is 0 Å². The van der Waals surface area contributed by atoms with Gasteiger partial charge >= 0.3 is 0 Å². The highest BCUT2D eigenvalue weighted by atomic mass is 14.8. The van der Waals surface area contributed by atoms with Crippen LogP contribution in [0.4, 0.5) is 5.69 Å². The van der Waals surface area contributed by atoms with Crippen LogP contribution in [0, 0.1) is 12.8 Å². The molecule has 1 aromatic rings. The van der Waals surface area contributed by atoms with Crippen molar-refractivity contribution in [2.75, 3.05) is 12.4 Å². The van der Waals surface area contributed by atoms with E-state index < -0.39 is 0 Å². The molecular weight excluding hydrogens is 242 g/mol. The Morgan fingerprint density at radius 1 is 1.30 bits per heavy atom. The SMILES string of the molecule is CCC(C)CC(C)(C)c1cc(NC)cc(C2CC2)c1C. The molecule has 0 spiro atoms. The topological polar surface area (TPSA) is 12.0 Å². The molecule has 2 rings (SSSR count). The van der Waals surface area contributed by atoms with Gasteiger partial charge in [0.25, 0.3) is 0 Å². The van der Waals surface area contributed by atoms with Crippen LogP contribution in [0.25, 0.3) is 0 Å². The van der Waals surface area contributed by atoms with Crippen LogP contribution in [-0.4, -0.2) is 7.05 Å². The first-order chi connectivity index (χ1) is 9.39. The number of benzene rings is 1. The number of rotatable bonds is 6. The lowest BCUT2D eigenvalue weighted by molar-refractivity contribution is 0.371. The smallest absolute Gasteiger partial charge is 0.0343 e. The lowest BCUT2D eigenvalue weighted by Gasteiger charge is -2.31. The fourth-order valence-corrected chi connectivity index (χ4v) is 3.53. The van der Waals surface area contributed by atoms with Crippen molar-refractivity contribution < 1.29 is 0 Å². The summed E-state index contributed by atoms with van der Waals surface area (Å²) in [4.78, 5) is 0. The molecule has 0 aromatic heterocycles. The lowest BCUT2D eigenvalue weighted by atomic mass is 9.74. The maximum Gasteiger partial charge on any atom is 0.0343 e. The Labute approximate surface area is 125 Å². The van der Waals surface area contributed by atoms with E-state index in [4.69, 9.17) is 0 Å². The van der Waals surface area contributed by atoms with Crippen LogP contribution in [0.15, 0.2) is 12.1 Å². The Morgan fingerprint density at radius 2 is 1.95 bits per heavy atom. The molecule has 1 aromatic carbocycles. The van der Waals surface area contributed by atoms with Crippen molar-refractivity contribution in [3.8, 4) is 0 Å². The Morgan fingerprint density at radius 3 is 2.45 bits per heavy atom. The van der Waals surface area contributed by atoms with Crippen LogP contribution in [0.1, 0.15) is 76.0 Å². The molecule has 0 bridgehead atoms. The first-order valence-electron chi connectivity index (χ1n) is 8.21. The minimum atomic E-state index is 0.260. The number of anilines is 1. The van der Waals surface area contributed by atoms with Crippen LogP contribution < -0.4 is 5.32 Å². The molecule has 0 aliphatic heterocycles. The van der Waals surface area contributed by atoms with E-state index in [1.165, 1.54) is 31.4 Å². The zero-order valence-corrected chi connectivity index (χ0v) is 14.1. The number of nitrogens with one attached hydrogen (secondary N) is 1. The van der Waals surface area contributed by atoms with Crippen molar-refractivity contribution >= 4 is 5.69 Å². The van der Waals surface area contributed by atoms with Crippen LogP contribution in [0.2, 0.25) is 0 Å². The van der Waals surface area contributed by atoms with Crippen LogP contribution in [-0.2, 0) is 5.41 Å². The van der Waals surface area contributed by atoms with E-state index >= 15 is 0 Å². The second kappa shape index (κ2) is 5.79. The molecule has 1 saturated carbocycles. The molecule has 1 nitrogen and oxygen atoms in total. The fourth-order valence-electron chi connectivity index (χ4n) is 3.53. The van der Waals surface area contributed by atoms with E-state index in [1.807, 2.05) is 7.05 Å². The summed E-state index contributed by atoms with van der Waals surface area (Å²) < 4.78 is 0. The summed E-state index contributed by atoms with van der Waals surface area (Å²) in [5, 5.41) is 3.36. The molecule has 112 valence electrons. The molecule has 0 heterocycles. The molecular formula is C19H31N. The second-order valence-corrected chi connectivity index (χ2v) is 7.36. The van der Waals surface area contributed by atoms with Gasteiger partial charge in [-0.05, 0) is 72.3 Å². The zero-order chi connectivity index (χ0) is 14.9. The van der Waals surface area contributed by atoms with Gasteiger partial charge in [-0.3, -0.25) is 0 Å². The summed E-state index contributed by atoms with van der Waals surface area (Å²) in [5.74, 6) is 1.61. The summed E-state index contributed by atoms with van der Waals surface area (Å²) in [6, 6.07) is 4.75. The summed E-state index contributed by atoms with van der Waals surface area (Å²) in [6.07, 6.45) is 5.28. The molecule has 1 aliphatic carbocycles. The lowest BCUT2D eigenvalue weighted by Crippen LogP contribution is -2.22.